The summed E-state index contributed by atoms with van der Waals surface area (Å²) < 4.78 is 7.12. The quantitative estimate of drug-likeness (QED) is 0.230. The van der Waals surface area contributed by atoms with Crippen LogP contribution in [0, 0.1) is 6.92 Å². The van der Waals surface area contributed by atoms with Crippen molar-refractivity contribution < 1.29 is 4.52 Å². The van der Waals surface area contributed by atoms with Gasteiger partial charge in [0.1, 0.15) is 0 Å². The number of benzene rings is 3. The molecule has 0 saturated heterocycles. The third-order valence-corrected chi connectivity index (χ3v) is 6.40. The highest BCUT2D eigenvalue weighted by atomic mass is 35.5. The molecule has 0 amide bonds. The molecule has 0 atom stereocenters. The Balaban J connectivity index is 1.45. The highest BCUT2D eigenvalue weighted by Gasteiger charge is 2.15. The number of hydrogen-bond donors (Lipinski definition) is 0. The molecule has 2 aromatic heterocycles. The maximum absolute atomic E-state index is 13.3. The SMILES string of the molecule is Cc1ccc(-c2noc(CSc3nc4ccccc4c(=O)n3Cc3ccc(Cl)cc3)n2)cc1. The second kappa shape index (κ2) is 9.21. The van der Waals surface area contributed by atoms with Crippen molar-refractivity contribution in [3.63, 3.8) is 0 Å². The van der Waals surface area contributed by atoms with E-state index in [1.165, 1.54) is 17.3 Å². The van der Waals surface area contributed by atoms with Crippen molar-refractivity contribution in [1.29, 1.82) is 0 Å². The van der Waals surface area contributed by atoms with E-state index in [-0.39, 0.29) is 5.56 Å². The van der Waals surface area contributed by atoms with Crippen molar-refractivity contribution in [2.45, 2.75) is 24.4 Å². The Kier molecular flexibility index (Phi) is 5.98. The van der Waals surface area contributed by atoms with Crippen molar-refractivity contribution in [3.05, 3.63) is 105 Å². The number of rotatable bonds is 6. The smallest absolute Gasteiger partial charge is 0.262 e. The minimum Gasteiger partial charge on any atom is -0.338 e. The van der Waals surface area contributed by atoms with Crippen LogP contribution in [0.15, 0.2) is 87.3 Å². The molecular weight excluding hydrogens is 456 g/mol. The van der Waals surface area contributed by atoms with Gasteiger partial charge in [0.05, 0.1) is 23.2 Å². The van der Waals surface area contributed by atoms with Gasteiger partial charge in [-0.25, -0.2) is 4.98 Å². The normalized spacial score (nSPS) is 11.2. The molecule has 0 bridgehead atoms. The molecule has 0 unspecified atom stereocenters. The molecule has 0 aliphatic carbocycles. The number of nitrogens with zero attached hydrogens (tertiary/aromatic N) is 4. The minimum atomic E-state index is -0.0936. The van der Waals surface area contributed by atoms with E-state index in [2.05, 4.69) is 10.1 Å². The predicted octanol–water partition coefficient (Wildman–Crippen LogP) is 5.75. The van der Waals surface area contributed by atoms with E-state index in [0.717, 1.165) is 11.1 Å². The first-order valence-electron chi connectivity index (χ1n) is 10.3. The largest absolute Gasteiger partial charge is 0.338 e. The molecule has 0 aliphatic rings. The van der Waals surface area contributed by atoms with Crippen molar-refractivity contribution in [2.75, 3.05) is 0 Å². The lowest BCUT2D eigenvalue weighted by atomic mass is 10.1. The first-order valence-corrected chi connectivity index (χ1v) is 11.7. The summed E-state index contributed by atoms with van der Waals surface area (Å²) in [6.07, 6.45) is 0. The van der Waals surface area contributed by atoms with Gasteiger partial charge in [-0.3, -0.25) is 9.36 Å². The summed E-state index contributed by atoms with van der Waals surface area (Å²) in [5.41, 5.74) is 3.58. The zero-order chi connectivity index (χ0) is 22.8. The molecule has 2 heterocycles. The molecule has 164 valence electrons. The number of hydrogen-bond acceptors (Lipinski definition) is 6. The van der Waals surface area contributed by atoms with Gasteiger partial charge in [-0.15, -0.1) is 0 Å². The monoisotopic (exact) mass is 474 g/mol. The van der Waals surface area contributed by atoms with Crippen molar-refractivity contribution >= 4 is 34.3 Å². The topological polar surface area (TPSA) is 73.8 Å². The molecule has 3 aromatic carbocycles. The van der Waals surface area contributed by atoms with Gasteiger partial charge >= 0.3 is 0 Å². The van der Waals surface area contributed by atoms with Crippen LogP contribution in [0.1, 0.15) is 17.0 Å². The number of halogens is 1. The molecule has 33 heavy (non-hydrogen) atoms. The fourth-order valence-electron chi connectivity index (χ4n) is 3.43. The van der Waals surface area contributed by atoms with Gasteiger partial charge in [-0.05, 0) is 36.8 Å². The summed E-state index contributed by atoms with van der Waals surface area (Å²) in [4.78, 5) is 22.5. The summed E-state index contributed by atoms with van der Waals surface area (Å²) in [6.45, 7) is 2.41. The molecule has 0 saturated carbocycles. The number of thioether (sulfide) groups is 1. The molecule has 5 rings (SSSR count). The van der Waals surface area contributed by atoms with Crippen LogP contribution >= 0.6 is 23.4 Å². The van der Waals surface area contributed by atoms with Gasteiger partial charge in [0.2, 0.25) is 11.7 Å². The summed E-state index contributed by atoms with van der Waals surface area (Å²) in [7, 11) is 0. The van der Waals surface area contributed by atoms with E-state index in [1.807, 2.05) is 73.7 Å². The van der Waals surface area contributed by atoms with Crippen LogP contribution in [-0.2, 0) is 12.3 Å². The van der Waals surface area contributed by atoms with E-state index in [1.54, 1.807) is 10.6 Å². The number of aromatic nitrogens is 4. The molecule has 8 heteroatoms. The average molecular weight is 475 g/mol. The average Bonchev–Trinajstić information content (AvgIpc) is 3.30. The third kappa shape index (κ3) is 4.69. The standard InChI is InChI=1S/C25H19ClN4O2S/c1-16-6-10-18(11-7-16)23-28-22(32-29-23)15-33-25-27-21-5-3-2-4-20(21)24(31)30(25)14-17-8-12-19(26)13-9-17/h2-13H,14-15H2,1H3. The van der Waals surface area contributed by atoms with Gasteiger partial charge < -0.3 is 4.52 Å². The number of aryl methyl sites for hydroxylation is 1. The highest BCUT2D eigenvalue weighted by molar-refractivity contribution is 7.98. The fraction of sp³-hybridized carbons (Fsp3) is 0.120. The van der Waals surface area contributed by atoms with Crippen LogP contribution in [0.5, 0.6) is 0 Å². The molecule has 6 nitrogen and oxygen atoms in total. The molecule has 0 radical (unpaired) electrons. The second-order valence-corrected chi connectivity index (χ2v) is 8.97. The van der Waals surface area contributed by atoms with Gasteiger partial charge in [0, 0.05) is 10.6 Å². The Morgan fingerprint density at radius 1 is 0.970 bits per heavy atom. The van der Waals surface area contributed by atoms with E-state index in [0.29, 0.717) is 45.1 Å². The number of fused-ring (bicyclic) bond motifs is 1. The van der Waals surface area contributed by atoms with E-state index in [4.69, 9.17) is 21.1 Å². The van der Waals surface area contributed by atoms with Crippen LogP contribution in [-0.4, -0.2) is 19.7 Å². The lowest BCUT2D eigenvalue weighted by Crippen LogP contribution is -2.24. The third-order valence-electron chi connectivity index (χ3n) is 5.18. The van der Waals surface area contributed by atoms with Crippen molar-refractivity contribution in [2.24, 2.45) is 0 Å². The molecular formula is C25H19ClN4O2S. The summed E-state index contributed by atoms with van der Waals surface area (Å²) in [6, 6.07) is 22.7. The Hall–Kier alpha value is -3.42. The lowest BCUT2D eigenvalue weighted by Gasteiger charge is -2.13. The molecule has 5 aromatic rings. The van der Waals surface area contributed by atoms with Crippen molar-refractivity contribution in [3.8, 4) is 11.4 Å². The van der Waals surface area contributed by atoms with E-state index < -0.39 is 0 Å². The zero-order valence-electron chi connectivity index (χ0n) is 17.7. The Bertz CT molecular complexity index is 1480. The first kappa shape index (κ1) is 21.4. The van der Waals surface area contributed by atoms with Crippen molar-refractivity contribution in [1.82, 2.24) is 19.7 Å². The van der Waals surface area contributed by atoms with Gasteiger partial charge in [-0.2, -0.15) is 4.98 Å². The van der Waals surface area contributed by atoms with E-state index in [9.17, 15) is 4.79 Å². The van der Waals surface area contributed by atoms with Gasteiger partial charge in [-0.1, -0.05) is 82.6 Å². The summed E-state index contributed by atoms with van der Waals surface area (Å²) in [5.74, 6) is 1.40. The van der Waals surface area contributed by atoms with Crippen LogP contribution in [0.25, 0.3) is 22.3 Å². The fourth-order valence-corrected chi connectivity index (χ4v) is 4.39. The predicted molar refractivity (Wildman–Crippen MR) is 131 cm³/mol. The lowest BCUT2D eigenvalue weighted by molar-refractivity contribution is 0.391. The molecule has 0 spiro atoms. The van der Waals surface area contributed by atoms with Crippen LogP contribution in [0.3, 0.4) is 0 Å². The molecule has 0 aliphatic heterocycles. The van der Waals surface area contributed by atoms with E-state index >= 15 is 0 Å². The van der Waals surface area contributed by atoms with Gasteiger partial charge in [0.15, 0.2) is 5.16 Å². The van der Waals surface area contributed by atoms with Gasteiger partial charge in [0.25, 0.3) is 5.56 Å². The second-order valence-electron chi connectivity index (χ2n) is 7.60. The Morgan fingerprint density at radius 2 is 1.73 bits per heavy atom. The van der Waals surface area contributed by atoms with Crippen LogP contribution in [0.4, 0.5) is 0 Å². The molecule has 0 fully saturated rings. The maximum Gasteiger partial charge on any atom is 0.262 e. The first-order chi connectivity index (χ1) is 16.1. The minimum absolute atomic E-state index is 0.0936. The molecule has 0 N–H and O–H groups in total. The maximum atomic E-state index is 13.3. The van der Waals surface area contributed by atoms with Crippen LogP contribution < -0.4 is 5.56 Å². The summed E-state index contributed by atoms with van der Waals surface area (Å²) >= 11 is 7.41. The van der Waals surface area contributed by atoms with Crippen LogP contribution in [0.2, 0.25) is 5.02 Å². The summed E-state index contributed by atoms with van der Waals surface area (Å²) in [5, 5.41) is 5.91. The number of para-hydroxylation sites is 1. The Labute approximate surface area is 199 Å². The Morgan fingerprint density at radius 3 is 2.52 bits per heavy atom. The highest BCUT2D eigenvalue weighted by Crippen LogP contribution is 2.24. The zero-order valence-corrected chi connectivity index (χ0v) is 19.3.